The van der Waals surface area contributed by atoms with E-state index in [1.165, 1.54) is 12.1 Å². The lowest BCUT2D eigenvalue weighted by atomic mass is 10.1. The second-order valence-corrected chi connectivity index (χ2v) is 6.45. The Kier molecular flexibility index (Phi) is 6.81. The van der Waals surface area contributed by atoms with E-state index in [1.807, 2.05) is 24.3 Å². The van der Waals surface area contributed by atoms with E-state index in [2.05, 4.69) is 19.2 Å². The molecule has 0 saturated carbocycles. The summed E-state index contributed by atoms with van der Waals surface area (Å²) in [5.41, 5.74) is 0.865. The van der Waals surface area contributed by atoms with E-state index < -0.39 is 0 Å². The predicted octanol–water partition coefficient (Wildman–Crippen LogP) is 3.35. The smallest absolute Gasteiger partial charge is 0.287 e. The van der Waals surface area contributed by atoms with Crippen molar-refractivity contribution in [3.8, 4) is 5.75 Å². The summed E-state index contributed by atoms with van der Waals surface area (Å²) in [6.07, 6.45) is 1.72. The zero-order valence-electron chi connectivity index (χ0n) is 15.0. The highest BCUT2D eigenvalue weighted by atomic mass is 16.5. The Hall–Kier alpha value is -2.56. The van der Waals surface area contributed by atoms with E-state index in [-0.39, 0.29) is 17.1 Å². The number of amides is 1. The maximum atomic E-state index is 12.0. The number of benzene rings is 1. The van der Waals surface area contributed by atoms with Gasteiger partial charge in [-0.3, -0.25) is 9.59 Å². The first kappa shape index (κ1) is 18.8. The molecular weight excluding hydrogens is 318 g/mol. The lowest BCUT2D eigenvalue weighted by Crippen LogP contribution is -2.26. The fraction of sp³-hybridized carbons (Fsp3) is 0.400. The van der Waals surface area contributed by atoms with Gasteiger partial charge in [-0.05, 0) is 43.4 Å². The number of hydrogen-bond donors (Lipinski definition) is 1. The minimum absolute atomic E-state index is 0.0406. The first-order valence-electron chi connectivity index (χ1n) is 8.56. The Balaban J connectivity index is 1.79. The number of rotatable bonds is 8. The highest BCUT2D eigenvalue weighted by molar-refractivity contribution is 5.91. The summed E-state index contributed by atoms with van der Waals surface area (Å²) in [6.45, 7) is 7.16. The average Bonchev–Trinajstić information content (AvgIpc) is 2.55. The number of carbonyl (C=O) groups is 1. The topological polar surface area (TPSA) is 68.5 Å². The second kappa shape index (κ2) is 9.06. The molecule has 0 aliphatic rings. The molecule has 5 heteroatoms. The normalized spacial score (nSPS) is 10.7. The van der Waals surface area contributed by atoms with Crippen LogP contribution in [-0.4, -0.2) is 19.1 Å². The highest BCUT2D eigenvalue weighted by Gasteiger charge is 2.09. The van der Waals surface area contributed by atoms with E-state index in [0.717, 1.165) is 24.3 Å². The van der Waals surface area contributed by atoms with E-state index >= 15 is 0 Å². The van der Waals surface area contributed by atoms with Crippen molar-refractivity contribution in [3.05, 3.63) is 63.7 Å². The van der Waals surface area contributed by atoms with Gasteiger partial charge < -0.3 is 14.5 Å². The van der Waals surface area contributed by atoms with Crippen molar-refractivity contribution >= 4 is 5.91 Å². The Bertz CT molecular complexity index is 747. The van der Waals surface area contributed by atoms with Crippen molar-refractivity contribution in [3.63, 3.8) is 0 Å². The monoisotopic (exact) mass is 343 g/mol. The quantitative estimate of drug-likeness (QED) is 0.798. The summed E-state index contributed by atoms with van der Waals surface area (Å²) >= 11 is 0. The van der Waals surface area contributed by atoms with Crippen molar-refractivity contribution < 1.29 is 13.9 Å². The molecule has 0 radical (unpaired) electrons. The third-order valence-electron chi connectivity index (χ3n) is 3.70. The summed E-state index contributed by atoms with van der Waals surface area (Å²) in [7, 11) is 0. The molecule has 2 aromatic rings. The largest absolute Gasteiger partial charge is 0.494 e. The van der Waals surface area contributed by atoms with Crippen LogP contribution in [0.2, 0.25) is 0 Å². The summed E-state index contributed by atoms with van der Waals surface area (Å²) in [5, 5.41) is 2.76. The average molecular weight is 343 g/mol. The number of carbonyl (C=O) groups excluding carboxylic acids is 1. The first-order chi connectivity index (χ1) is 11.9. The van der Waals surface area contributed by atoms with E-state index in [1.54, 1.807) is 6.92 Å². The van der Waals surface area contributed by atoms with Gasteiger partial charge >= 0.3 is 0 Å². The van der Waals surface area contributed by atoms with Crippen molar-refractivity contribution in [2.45, 2.75) is 33.6 Å². The molecule has 1 aromatic heterocycles. The van der Waals surface area contributed by atoms with Crippen LogP contribution in [0.4, 0.5) is 0 Å². The van der Waals surface area contributed by atoms with Gasteiger partial charge in [0.1, 0.15) is 11.5 Å². The molecule has 25 heavy (non-hydrogen) atoms. The lowest BCUT2D eigenvalue weighted by Gasteiger charge is -2.09. The van der Waals surface area contributed by atoms with E-state index in [4.69, 9.17) is 9.15 Å². The van der Waals surface area contributed by atoms with Crippen LogP contribution in [0.25, 0.3) is 0 Å². The van der Waals surface area contributed by atoms with Gasteiger partial charge in [-0.15, -0.1) is 0 Å². The van der Waals surface area contributed by atoms with Crippen LogP contribution in [0.3, 0.4) is 0 Å². The highest BCUT2D eigenvalue weighted by Crippen LogP contribution is 2.13. The molecule has 0 aliphatic carbocycles. The maximum absolute atomic E-state index is 12.0. The SMILES string of the molecule is Cc1cc(=O)cc(C(=O)NCCc2ccc(OCCC(C)C)cc2)o1. The van der Waals surface area contributed by atoms with Crippen molar-refractivity contribution in [2.75, 3.05) is 13.2 Å². The number of hydrogen-bond acceptors (Lipinski definition) is 4. The van der Waals surface area contributed by atoms with Crippen LogP contribution in [0.1, 0.15) is 42.1 Å². The molecule has 1 aromatic carbocycles. The van der Waals surface area contributed by atoms with Gasteiger partial charge in [-0.2, -0.15) is 0 Å². The first-order valence-corrected chi connectivity index (χ1v) is 8.56. The zero-order chi connectivity index (χ0) is 18.2. The van der Waals surface area contributed by atoms with Crippen LogP contribution in [-0.2, 0) is 6.42 Å². The Morgan fingerprint density at radius 3 is 2.56 bits per heavy atom. The second-order valence-electron chi connectivity index (χ2n) is 6.45. The molecule has 0 atom stereocenters. The maximum Gasteiger partial charge on any atom is 0.287 e. The van der Waals surface area contributed by atoms with Crippen LogP contribution < -0.4 is 15.5 Å². The molecule has 0 aliphatic heterocycles. The van der Waals surface area contributed by atoms with Gasteiger partial charge in [0.05, 0.1) is 6.61 Å². The number of nitrogens with one attached hydrogen (secondary N) is 1. The minimum Gasteiger partial charge on any atom is -0.494 e. The summed E-state index contributed by atoms with van der Waals surface area (Å²) < 4.78 is 10.9. The van der Waals surface area contributed by atoms with Crippen molar-refractivity contribution in [1.29, 1.82) is 0 Å². The van der Waals surface area contributed by atoms with Crippen LogP contribution in [0.5, 0.6) is 5.75 Å². The van der Waals surface area contributed by atoms with Gasteiger partial charge in [-0.1, -0.05) is 26.0 Å². The van der Waals surface area contributed by atoms with E-state index in [0.29, 0.717) is 24.6 Å². The molecule has 134 valence electrons. The third kappa shape index (κ3) is 6.45. The minimum atomic E-state index is -0.380. The van der Waals surface area contributed by atoms with Gasteiger partial charge in [0.15, 0.2) is 11.2 Å². The molecule has 1 heterocycles. The third-order valence-corrected chi connectivity index (χ3v) is 3.70. The van der Waals surface area contributed by atoms with Crippen molar-refractivity contribution in [1.82, 2.24) is 5.32 Å². The Labute approximate surface area is 148 Å². The molecule has 2 rings (SSSR count). The van der Waals surface area contributed by atoms with Crippen LogP contribution >= 0.6 is 0 Å². The zero-order valence-corrected chi connectivity index (χ0v) is 15.0. The summed E-state index contributed by atoms with van der Waals surface area (Å²) in [5.74, 6) is 1.56. The van der Waals surface area contributed by atoms with Crippen LogP contribution in [0, 0.1) is 12.8 Å². The molecule has 0 saturated heterocycles. The number of aryl methyl sites for hydroxylation is 1. The standard InChI is InChI=1S/C20H25NO4/c1-14(2)9-11-24-18-6-4-16(5-7-18)8-10-21-20(23)19-13-17(22)12-15(3)25-19/h4-7,12-14H,8-11H2,1-3H3,(H,21,23). The molecule has 0 unspecified atom stereocenters. The number of ether oxygens (including phenoxy) is 1. The molecule has 5 nitrogen and oxygen atoms in total. The molecule has 0 bridgehead atoms. The predicted molar refractivity (Wildman–Crippen MR) is 97.1 cm³/mol. The Morgan fingerprint density at radius 1 is 1.20 bits per heavy atom. The Morgan fingerprint density at radius 2 is 1.92 bits per heavy atom. The fourth-order valence-corrected chi connectivity index (χ4v) is 2.29. The van der Waals surface area contributed by atoms with Crippen LogP contribution in [0.15, 0.2) is 45.6 Å². The summed E-state index contributed by atoms with van der Waals surface area (Å²) in [4.78, 5) is 23.4. The van der Waals surface area contributed by atoms with E-state index in [9.17, 15) is 9.59 Å². The van der Waals surface area contributed by atoms with Gasteiger partial charge in [0, 0.05) is 18.7 Å². The molecule has 1 N–H and O–H groups in total. The fourth-order valence-electron chi connectivity index (χ4n) is 2.29. The summed E-state index contributed by atoms with van der Waals surface area (Å²) in [6, 6.07) is 10.4. The lowest BCUT2D eigenvalue weighted by molar-refractivity contribution is 0.0922. The van der Waals surface area contributed by atoms with Gasteiger partial charge in [0.2, 0.25) is 0 Å². The molecule has 1 amide bonds. The molecule has 0 fully saturated rings. The molecule has 0 spiro atoms. The van der Waals surface area contributed by atoms with Gasteiger partial charge in [-0.25, -0.2) is 0 Å². The van der Waals surface area contributed by atoms with Crippen molar-refractivity contribution in [2.24, 2.45) is 5.92 Å². The van der Waals surface area contributed by atoms with Gasteiger partial charge in [0.25, 0.3) is 5.91 Å². The molecular formula is C20H25NO4.